The summed E-state index contributed by atoms with van der Waals surface area (Å²) >= 11 is 5.13. The molecule has 2 aromatic heterocycles. The number of hydrogen-bond donors (Lipinski definition) is 1. The fourth-order valence-corrected chi connectivity index (χ4v) is 4.11. The molecule has 0 atom stereocenters. The van der Waals surface area contributed by atoms with Gasteiger partial charge in [-0.25, -0.2) is 4.68 Å². The van der Waals surface area contributed by atoms with Gasteiger partial charge in [0.1, 0.15) is 11.5 Å². The van der Waals surface area contributed by atoms with Crippen LogP contribution in [-0.2, 0) is 6.42 Å². The molecule has 6 nitrogen and oxygen atoms in total. The van der Waals surface area contributed by atoms with Crippen molar-refractivity contribution in [1.29, 1.82) is 0 Å². The van der Waals surface area contributed by atoms with Gasteiger partial charge in [0.05, 0.1) is 19.3 Å². The standard InChI is InChI=1S/C15H11BrN4O2S/c16-13-6-5-12(23-13)14-11-7-8-17-15(11)19(18-14)9-1-3-10(4-2-9)20(21)22/h1-6,17H,7-8H2. The van der Waals surface area contributed by atoms with Crippen LogP contribution in [0.3, 0.4) is 0 Å². The Morgan fingerprint density at radius 2 is 2.04 bits per heavy atom. The topological polar surface area (TPSA) is 73.0 Å². The molecule has 23 heavy (non-hydrogen) atoms. The number of hydrogen-bond acceptors (Lipinski definition) is 5. The molecule has 0 fully saturated rings. The van der Waals surface area contributed by atoms with Crippen molar-refractivity contribution in [1.82, 2.24) is 9.78 Å². The van der Waals surface area contributed by atoms with Crippen LogP contribution in [0.25, 0.3) is 16.3 Å². The van der Waals surface area contributed by atoms with Crippen LogP contribution in [0.5, 0.6) is 0 Å². The molecule has 1 N–H and O–H groups in total. The zero-order valence-corrected chi connectivity index (χ0v) is 14.2. The Hall–Kier alpha value is -2.19. The van der Waals surface area contributed by atoms with E-state index in [1.807, 2.05) is 10.7 Å². The molecule has 3 aromatic rings. The molecular weight excluding hydrogens is 380 g/mol. The normalized spacial score (nSPS) is 12.9. The molecule has 0 amide bonds. The Morgan fingerprint density at radius 3 is 2.70 bits per heavy atom. The molecule has 0 spiro atoms. The predicted octanol–water partition coefficient (Wildman–Crippen LogP) is 4.24. The summed E-state index contributed by atoms with van der Waals surface area (Å²) in [6.45, 7) is 0.875. The van der Waals surface area contributed by atoms with Crippen molar-refractivity contribution in [2.75, 3.05) is 11.9 Å². The molecule has 0 bridgehead atoms. The van der Waals surface area contributed by atoms with E-state index in [2.05, 4.69) is 27.3 Å². The van der Waals surface area contributed by atoms with Gasteiger partial charge < -0.3 is 5.32 Å². The number of benzene rings is 1. The molecule has 4 rings (SSSR count). The number of nitro groups is 1. The average Bonchev–Trinajstić information content (AvgIpc) is 3.23. The molecule has 0 saturated carbocycles. The van der Waals surface area contributed by atoms with Gasteiger partial charge in [0.25, 0.3) is 5.69 Å². The molecule has 0 saturated heterocycles. The first-order valence-electron chi connectivity index (χ1n) is 7.00. The highest BCUT2D eigenvalue weighted by Gasteiger charge is 2.24. The molecule has 3 heterocycles. The molecule has 1 aliphatic rings. The summed E-state index contributed by atoms with van der Waals surface area (Å²) < 4.78 is 2.90. The summed E-state index contributed by atoms with van der Waals surface area (Å²) in [5.41, 5.74) is 3.05. The van der Waals surface area contributed by atoms with Crippen LogP contribution < -0.4 is 5.32 Å². The highest BCUT2D eigenvalue weighted by molar-refractivity contribution is 9.11. The van der Waals surface area contributed by atoms with Crippen molar-refractivity contribution < 1.29 is 4.92 Å². The smallest absolute Gasteiger partial charge is 0.269 e. The number of rotatable bonds is 3. The largest absolute Gasteiger partial charge is 0.369 e. The third-order valence-corrected chi connectivity index (χ3v) is 5.39. The predicted molar refractivity (Wildman–Crippen MR) is 93.4 cm³/mol. The molecule has 0 radical (unpaired) electrons. The fourth-order valence-electron chi connectivity index (χ4n) is 2.72. The van der Waals surface area contributed by atoms with Gasteiger partial charge in [-0.2, -0.15) is 5.10 Å². The molecule has 0 unspecified atom stereocenters. The first-order chi connectivity index (χ1) is 11.1. The number of nitrogens with zero attached hydrogens (tertiary/aromatic N) is 3. The second-order valence-corrected chi connectivity index (χ2v) is 7.60. The quantitative estimate of drug-likeness (QED) is 0.536. The van der Waals surface area contributed by atoms with E-state index in [1.54, 1.807) is 23.5 Å². The van der Waals surface area contributed by atoms with Crippen molar-refractivity contribution in [3.05, 3.63) is 55.9 Å². The van der Waals surface area contributed by atoms with Gasteiger partial charge in [-0.3, -0.25) is 10.1 Å². The number of aromatic nitrogens is 2. The van der Waals surface area contributed by atoms with E-state index >= 15 is 0 Å². The van der Waals surface area contributed by atoms with E-state index in [4.69, 9.17) is 5.10 Å². The van der Waals surface area contributed by atoms with Crippen molar-refractivity contribution in [3.8, 4) is 16.3 Å². The minimum absolute atomic E-state index is 0.0768. The second-order valence-electron chi connectivity index (χ2n) is 5.14. The monoisotopic (exact) mass is 390 g/mol. The molecule has 8 heteroatoms. The maximum atomic E-state index is 10.8. The zero-order chi connectivity index (χ0) is 16.0. The molecule has 0 aliphatic carbocycles. The second kappa shape index (κ2) is 5.47. The van der Waals surface area contributed by atoms with Gasteiger partial charge in [-0.15, -0.1) is 11.3 Å². The number of fused-ring (bicyclic) bond motifs is 1. The van der Waals surface area contributed by atoms with E-state index in [0.717, 1.165) is 38.8 Å². The molecular formula is C15H11BrN4O2S. The third-order valence-electron chi connectivity index (χ3n) is 3.76. The number of thiophene rings is 1. The molecule has 116 valence electrons. The lowest BCUT2D eigenvalue weighted by atomic mass is 10.2. The summed E-state index contributed by atoms with van der Waals surface area (Å²) in [5, 5.41) is 18.9. The van der Waals surface area contributed by atoms with Crippen LogP contribution in [-0.4, -0.2) is 21.2 Å². The maximum Gasteiger partial charge on any atom is 0.269 e. The van der Waals surface area contributed by atoms with Gasteiger partial charge in [0.15, 0.2) is 0 Å². The maximum absolute atomic E-state index is 10.8. The Bertz CT molecular complexity index is 901. The van der Waals surface area contributed by atoms with Gasteiger partial charge in [-0.05, 0) is 46.6 Å². The van der Waals surface area contributed by atoms with Crippen molar-refractivity contribution >= 4 is 38.8 Å². The summed E-state index contributed by atoms with van der Waals surface area (Å²) in [6.07, 6.45) is 0.924. The van der Waals surface area contributed by atoms with Crippen LogP contribution in [0, 0.1) is 10.1 Å². The molecule has 1 aliphatic heterocycles. The van der Waals surface area contributed by atoms with Gasteiger partial charge in [0.2, 0.25) is 0 Å². The summed E-state index contributed by atoms with van der Waals surface area (Å²) in [5.74, 6) is 0.971. The number of nitrogens with one attached hydrogen (secondary N) is 1. The van der Waals surface area contributed by atoms with Crippen LogP contribution in [0.15, 0.2) is 40.2 Å². The molecule has 1 aromatic carbocycles. The van der Waals surface area contributed by atoms with Crippen molar-refractivity contribution in [3.63, 3.8) is 0 Å². The minimum atomic E-state index is -0.399. The Kier molecular flexibility index (Phi) is 3.42. The lowest BCUT2D eigenvalue weighted by Crippen LogP contribution is -2.04. The Labute approximate surface area is 144 Å². The number of nitro benzene ring substituents is 1. The van der Waals surface area contributed by atoms with Crippen LogP contribution in [0.1, 0.15) is 5.56 Å². The summed E-state index contributed by atoms with van der Waals surface area (Å²) in [4.78, 5) is 11.5. The lowest BCUT2D eigenvalue weighted by molar-refractivity contribution is -0.384. The van der Waals surface area contributed by atoms with Gasteiger partial charge in [0, 0.05) is 24.2 Å². The number of anilines is 1. The van der Waals surface area contributed by atoms with E-state index in [-0.39, 0.29) is 5.69 Å². The van der Waals surface area contributed by atoms with E-state index in [9.17, 15) is 10.1 Å². The average molecular weight is 391 g/mol. The highest BCUT2D eigenvalue weighted by atomic mass is 79.9. The first kappa shape index (κ1) is 14.4. The van der Waals surface area contributed by atoms with Crippen LogP contribution in [0.4, 0.5) is 11.5 Å². The van der Waals surface area contributed by atoms with Crippen molar-refractivity contribution in [2.24, 2.45) is 0 Å². The van der Waals surface area contributed by atoms with Crippen molar-refractivity contribution in [2.45, 2.75) is 6.42 Å². The number of halogens is 1. The van der Waals surface area contributed by atoms with Crippen LogP contribution >= 0.6 is 27.3 Å². The Balaban J connectivity index is 1.82. The fraction of sp³-hybridized carbons (Fsp3) is 0.133. The van der Waals surface area contributed by atoms with E-state index in [1.165, 1.54) is 17.7 Å². The van der Waals surface area contributed by atoms with Crippen LogP contribution in [0.2, 0.25) is 0 Å². The minimum Gasteiger partial charge on any atom is -0.369 e. The third kappa shape index (κ3) is 2.43. The number of non-ortho nitro benzene ring substituents is 1. The van der Waals surface area contributed by atoms with E-state index < -0.39 is 4.92 Å². The van der Waals surface area contributed by atoms with Gasteiger partial charge >= 0.3 is 0 Å². The highest BCUT2D eigenvalue weighted by Crippen LogP contribution is 2.38. The SMILES string of the molecule is O=[N+]([O-])c1ccc(-n2nc(-c3ccc(Br)s3)c3c2NCC3)cc1. The van der Waals surface area contributed by atoms with Gasteiger partial charge in [-0.1, -0.05) is 0 Å². The first-order valence-corrected chi connectivity index (χ1v) is 8.61. The Morgan fingerprint density at radius 1 is 1.26 bits per heavy atom. The summed E-state index contributed by atoms with van der Waals surface area (Å²) in [7, 11) is 0. The van der Waals surface area contributed by atoms with E-state index in [0.29, 0.717) is 0 Å². The zero-order valence-electron chi connectivity index (χ0n) is 11.8. The lowest BCUT2D eigenvalue weighted by Gasteiger charge is -2.05. The summed E-state index contributed by atoms with van der Waals surface area (Å²) in [6, 6.07) is 10.5.